The number of carbonyl (C=O) groups is 1. The predicted octanol–water partition coefficient (Wildman–Crippen LogP) is 4.36. The number of H-pyrrole nitrogens is 1. The molecule has 1 amide bonds. The Labute approximate surface area is 168 Å². The van der Waals surface area contributed by atoms with Gasteiger partial charge in [0.15, 0.2) is 16.6 Å². The highest BCUT2D eigenvalue weighted by Crippen LogP contribution is 2.38. The lowest BCUT2D eigenvalue weighted by molar-refractivity contribution is 0.102. The molecule has 0 saturated heterocycles. The topological polar surface area (TPSA) is 89.1 Å². The zero-order valence-electron chi connectivity index (χ0n) is 14.4. The first-order valence-corrected chi connectivity index (χ1v) is 9.68. The van der Waals surface area contributed by atoms with Gasteiger partial charge in [0.1, 0.15) is 13.2 Å². The molecule has 3 heterocycles. The zero-order valence-corrected chi connectivity index (χ0v) is 15.9. The van der Waals surface area contributed by atoms with Gasteiger partial charge in [-0.25, -0.2) is 4.98 Å². The molecule has 0 fully saturated rings. The average Bonchev–Trinajstić information content (AvgIpc) is 3.33. The minimum Gasteiger partial charge on any atom is -0.486 e. The van der Waals surface area contributed by atoms with Gasteiger partial charge >= 0.3 is 0 Å². The summed E-state index contributed by atoms with van der Waals surface area (Å²) in [5.74, 6) is 1.07. The number of ether oxygens (including phenoxy) is 2. The molecule has 9 heteroatoms. The SMILES string of the molecule is O=C(Nc1nc2cc3c(cc2s1)OCCO3)c1cn[nH]c1-c1ccc(Cl)cc1. The quantitative estimate of drug-likeness (QED) is 0.521. The zero-order chi connectivity index (χ0) is 19.1. The third-order valence-corrected chi connectivity index (χ3v) is 5.48. The number of amides is 1. The van der Waals surface area contributed by atoms with Crippen LogP contribution in [0.25, 0.3) is 21.5 Å². The number of halogens is 1. The van der Waals surface area contributed by atoms with Crippen LogP contribution in [0.5, 0.6) is 11.5 Å². The average molecular weight is 413 g/mol. The summed E-state index contributed by atoms with van der Waals surface area (Å²) < 4.78 is 12.1. The molecule has 140 valence electrons. The van der Waals surface area contributed by atoms with Crippen molar-refractivity contribution in [2.75, 3.05) is 18.5 Å². The van der Waals surface area contributed by atoms with Crippen LogP contribution in [-0.2, 0) is 0 Å². The smallest absolute Gasteiger partial charge is 0.261 e. The molecule has 2 aromatic heterocycles. The van der Waals surface area contributed by atoms with Crippen LogP contribution in [0.2, 0.25) is 5.02 Å². The Kier molecular flexibility index (Phi) is 4.14. The Bertz CT molecular complexity index is 1140. The van der Waals surface area contributed by atoms with Crippen molar-refractivity contribution in [1.82, 2.24) is 15.2 Å². The van der Waals surface area contributed by atoms with E-state index in [-0.39, 0.29) is 5.91 Å². The molecule has 7 nitrogen and oxygen atoms in total. The number of anilines is 1. The van der Waals surface area contributed by atoms with E-state index in [1.807, 2.05) is 24.3 Å². The second kappa shape index (κ2) is 6.81. The summed E-state index contributed by atoms with van der Waals surface area (Å²) in [5, 5.41) is 10.8. The van der Waals surface area contributed by atoms with Crippen LogP contribution < -0.4 is 14.8 Å². The molecule has 0 saturated carbocycles. The molecule has 2 aromatic carbocycles. The molecule has 4 aromatic rings. The summed E-state index contributed by atoms with van der Waals surface area (Å²) in [5.41, 5.74) is 2.60. The molecule has 5 rings (SSSR count). The fourth-order valence-electron chi connectivity index (χ4n) is 2.98. The first-order chi connectivity index (χ1) is 13.7. The lowest BCUT2D eigenvalue weighted by Gasteiger charge is -2.17. The molecule has 0 atom stereocenters. The van der Waals surface area contributed by atoms with Gasteiger partial charge in [-0.15, -0.1) is 0 Å². The van der Waals surface area contributed by atoms with Crippen molar-refractivity contribution in [3.8, 4) is 22.8 Å². The number of hydrogen-bond donors (Lipinski definition) is 2. The number of nitrogens with zero attached hydrogens (tertiary/aromatic N) is 2. The molecule has 0 unspecified atom stereocenters. The van der Waals surface area contributed by atoms with Crippen LogP contribution in [-0.4, -0.2) is 34.3 Å². The summed E-state index contributed by atoms with van der Waals surface area (Å²) in [6.45, 7) is 1.04. The van der Waals surface area contributed by atoms with Gasteiger partial charge in [0.05, 0.1) is 27.7 Å². The first-order valence-electron chi connectivity index (χ1n) is 8.48. The van der Waals surface area contributed by atoms with Gasteiger partial charge in [0, 0.05) is 22.7 Å². The minimum absolute atomic E-state index is 0.296. The molecule has 0 aliphatic carbocycles. The maximum absolute atomic E-state index is 12.8. The number of rotatable bonds is 3. The van der Waals surface area contributed by atoms with Gasteiger partial charge in [-0.3, -0.25) is 15.2 Å². The number of aromatic nitrogens is 3. The number of aromatic amines is 1. The van der Waals surface area contributed by atoms with Crippen LogP contribution in [0.15, 0.2) is 42.6 Å². The monoisotopic (exact) mass is 412 g/mol. The highest BCUT2D eigenvalue weighted by atomic mass is 35.5. The number of thiazole rings is 1. The Balaban J connectivity index is 1.43. The Morgan fingerprint density at radius 2 is 1.89 bits per heavy atom. The van der Waals surface area contributed by atoms with Gasteiger partial charge in [0.25, 0.3) is 5.91 Å². The van der Waals surface area contributed by atoms with E-state index in [2.05, 4.69) is 20.5 Å². The third kappa shape index (κ3) is 3.06. The number of fused-ring (bicyclic) bond motifs is 2. The molecule has 0 spiro atoms. The van der Waals surface area contributed by atoms with E-state index in [0.29, 0.717) is 46.1 Å². The molecule has 0 bridgehead atoms. The Hall–Kier alpha value is -3.10. The van der Waals surface area contributed by atoms with Crippen molar-refractivity contribution in [2.24, 2.45) is 0 Å². The molecule has 1 aliphatic rings. The fraction of sp³-hybridized carbons (Fsp3) is 0.105. The predicted molar refractivity (Wildman–Crippen MR) is 108 cm³/mol. The van der Waals surface area contributed by atoms with Crippen molar-refractivity contribution < 1.29 is 14.3 Å². The van der Waals surface area contributed by atoms with Gasteiger partial charge in [-0.1, -0.05) is 35.1 Å². The van der Waals surface area contributed by atoms with Crippen molar-refractivity contribution >= 4 is 44.2 Å². The van der Waals surface area contributed by atoms with Gasteiger partial charge in [0.2, 0.25) is 0 Å². The van der Waals surface area contributed by atoms with Crippen molar-refractivity contribution in [1.29, 1.82) is 0 Å². The summed E-state index contributed by atoms with van der Waals surface area (Å²) in [6, 6.07) is 10.9. The lowest BCUT2D eigenvalue weighted by Crippen LogP contribution is -2.15. The summed E-state index contributed by atoms with van der Waals surface area (Å²) >= 11 is 7.31. The van der Waals surface area contributed by atoms with Gasteiger partial charge < -0.3 is 9.47 Å². The first kappa shape index (κ1) is 17.0. The molecule has 28 heavy (non-hydrogen) atoms. The molecule has 1 aliphatic heterocycles. The van der Waals surface area contributed by atoms with Gasteiger partial charge in [-0.2, -0.15) is 5.10 Å². The number of benzene rings is 2. The number of hydrogen-bond acceptors (Lipinski definition) is 6. The van der Waals surface area contributed by atoms with Crippen molar-refractivity contribution in [3.05, 3.63) is 53.2 Å². The van der Waals surface area contributed by atoms with Crippen LogP contribution in [0.4, 0.5) is 5.13 Å². The van der Waals surface area contributed by atoms with Crippen LogP contribution in [0.3, 0.4) is 0 Å². The summed E-state index contributed by atoms with van der Waals surface area (Å²) in [6.07, 6.45) is 1.49. The van der Waals surface area contributed by atoms with E-state index in [9.17, 15) is 4.79 Å². The highest BCUT2D eigenvalue weighted by molar-refractivity contribution is 7.22. The maximum Gasteiger partial charge on any atom is 0.261 e. The number of carbonyl (C=O) groups excluding carboxylic acids is 1. The summed E-state index contributed by atoms with van der Waals surface area (Å²) in [4.78, 5) is 17.3. The molecular formula is C19H13ClN4O3S. The maximum atomic E-state index is 12.8. The van der Waals surface area contributed by atoms with Crippen LogP contribution in [0, 0.1) is 0 Å². The highest BCUT2D eigenvalue weighted by Gasteiger charge is 2.19. The second-order valence-corrected chi connectivity index (χ2v) is 7.57. The molecule has 0 radical (unpaired) electrons. The standard InChI is InChI=1S/C19H13ClN4O3S/c20-11-3-1-10(2-4-11)17-12(9-21-24-17)18(25)23-19-22-13-7-14-15(8-16(13)28-19)27-6-5-26-14/h1-4,7-9H,5-6H2,(H,21,24)(H,22,23,25). The van der Waals surface area contributed by atoms with E-state index in [1.54, 1.807) is 12.1 Å². The van der Waals surface area contributed by atoms with Gasteiger partial charge in [-0.05, 0) is 12.1 Å². The molecular weight excluding hydrogens is 400 g/mol. The van der Waals surface area contributed by atoms with Crippen molar-refractivity contribution in [2.45, 2.75) is 0 Å². The van der Waals surface area contributed by atoms with Crippen LogP contribution >= 0.6 is 22.9 Å². The summed E-state index contributed by atoms with van der Waals surface area (Å²) in [7, 11) is 0. The minimum atomic E-state index is -0.296. The van der Waals surface area contributed by atoms with E-state index in [0.717, 1.165) is 15.8 Å². The second-order valence-electron chi connectivity index (χ2n) is 6.10. The largest absolute Gasteiger partial charge is 0.486 e. The van der Waals surface area contributed by atoms with E-state index >= 15 is 0 Å². The van der Waals surface area contributed by atoms with Crippen LogP contribution in [0.1, 0.15) is 10.4 Å². The van der Waals surface area contributed by atoms with E-state index < -0.39 is 0 Å². The van der Waals surface area contributed by atoms with E-state index in [1.165, 1.54) is 17.5 Å². The fourth-order valence-corrected chi connectivity index (χ4v) is 3.97. The van der Waals surface area contributed by atoms with Crippen molar-refractivity contribution in [3.63, 3.8) is 0 Å². The third-order valence-electron chi connectivity index (χ3n) is 4.29. The normalized spacial score (nSPS) is 12.9. The van der Waals surface area contributed by atoms with E-state index in [4.69, 9.17) is 21.1 Å². The molecule has 2 N–H and O–H groups in total. The lowest BCUT2D eigenvalue weighted by atomic mass is 10.1. The Morgan fingerprint density at radius 1 is 1.14 bits per heavy atom. The number of nitrogens with one attached hydrogen (secondary N) is 2. The Morgan fingerprint density at radius 3 is 2.68 bits per heavy atom.